The van der Waals surface area contributed by atoms with Gasteiger partial charge in [-0.15, -0.1) is 0 Å². The summed E-state index contributed by atoms with van der Waals surface area (Å²) < 4.78 is 27.5. The lowest BCUT2D eigenvalue weighted by Gasteiger charge is -2.31. The molecule has 0 spiro atoms. The van der Waals surface area contributed by atoms with Gasteiger partial charge in [0.15, 0.2) is 0 Å². The van der Waals surface area contributed by atoms with Crippen LogP contribution >= 0.6 is 15.9 Å². The minimum Gasteiger partial charge on any atom is -0.357 e. The molecule has 1 atom stereocenters. The summed E-state index contributed by atoms with van der Waals surface area (Å²) in [4.78, 5) is 27.3. The molecule has 0 aliphatic carbocycles. The van der Waals surface area contributed by atoms with Crippen molar-refractivity contribution in [1.29, 1.82) is 0 Å². The number of carbonyl (C=O) groups is 2. The smallest absolute Gasteiger partial charge is 0.244 e. The Bertz CT molecular complexity index is 1260. The van der Waals surface area contributed by atoms with E-state index in [4.69, 9.17) is 0 Å². The zero-order chi connectivity index (χ0) is 24.2. The molecule has 174 valence electrons. The molecule has 2 amide bonds. The summed E-state index contributed by atoms with van der Waals surface area (Å²) in [5.41, 5.74) is 1.23. The van der Waals surface area contributed by atoms with E-state index in [2.05, 4.69) is 21.2 Å². The first-order valence-electron chi connectivity index (χ1n) is 10.3. The molecular formula is C24H26BrN3O4S. The number of rotatable bonds is 8. The van der Waals surface area contributed by atoms with Gasteiger partial charge in [0.1, 0.15) is 12.6 Å². The van der Waals surface area contributed by atoms with Crippen LogP contribution in [0.1, 0.15) is 12.5 Å². The topological polar surface area (TPSA) is 86.8 Å². The number of hydrogen-bond donors (Lipinski definition) is 1. The lowest BCUT2D eigenvalue weighted by Crippen LogP contribution is -2.50. The van der Waals surface area contributed by atoms with Crippen LogP contribution in [0.2, 0.25) is 0 Å². The fourth-order valence-corrected chi connectivity index (χ4v) is 4.72. The number of hydrogen-bond acceptors (Lipinski definition) is 4. The molecule has 33 heavy (non-hydrogen) atoms. The van der Waals surface area contributed by atoms with Gasteiger partial charge in [0, 0.05) is 23.5 Å². The molecular weight excluding hydrogens is 506 g/mol. The molecule has 7 nitrogen and oxygen atoms in total. The quantitative estimate of drug-likeness (QED) is 0.481. The Balaban J connectivity index is 1.99. The van der Waals surface area contributed by atoms with Crippen LogP contribution in [0.25, 0.3) is 10.8 Å². The molecule has 3 aromatic rings. The normalized spacial score (nSPS) is 12.2. The second kappa shape index (κ2) is 10.4. The molecule has 9 heteroatoms. The highest BCUT2D eigenvalue weighted by Gasteiger charge is 2.30. The van der Waals surface area contributed by atoms with Crippen LogP contribution in [-0.4, -0.2) is 51.0 Å². The Kier molecular flexibility index (Phi) is 7.76. The molecule has 0 bridgehead atoms. The Hall–Kier alpha value is -2.91. The number of halogens is 1. The van der Waals surface area contributed by atoms with Crippen LogP contribution in [0.5, 0.6) is 0 Å². The molecule has 0 heterocycles. The maximum Gasteiger partial charge on any atom is 0.244 e. The van der Waals surface area contributed by atoms with Gasteiger partial charge < -0.3 is 10.2 Å². The predicted octanol–water partition coefficient (Wildman–Crippen LogP) is 3.53. The van der Waals surface area contributed by atoms with E-state index in [0.29, 0.717) is 5.69 Å². The zero-order valence-corrected chi connectivity index (χ0v) is 21.1. The predicted molar refractivity (Wildman–Crippen MR) is 134 cm³/mol. The van der Waals surface area contributed by atoms with Crippen molar-refractivity contribution in [1.82, 2.24) is 10.2 Å². The summed E-state index contributed by atoms with van der Waals surface area (Å²) in [5, 5.41) is 4.14. The lowest BCUT2D eigenvalue weighted by molar-refractivity contribution is -0.139. The minimum atomic E-state index is -3.79. The first kappa shape index (κ1) is 24.7. The fourth-order valence-electron chi connectivity index (χ4n) is 3.60. The second-order valence-corrected chi connectivity index (χ2v) is 10.5. The molecule has 0 aromatic heterocycles. The van der Waals surface area contributed by atoms with Crippen LogP contribution in [0.4, 0.5) is 5.69 Å². The van der Waals surface area contributed by atoms with Crippen molar-refractivity contribution < 1.29 is 18.0 Å². The second-order valence-electron chi connectivity index (χ2n) is 7.71. The van der Waals surface area contributed by atoms with E-state index in [9.17, 15) is 18.0 Å². The summed E-state index contributed by atoms with van der Waals surface area (Å²) >= 11 is 3.39. The van der Waals surface area contributed by atoms with Crippen LogP contribution in [0, 0.1) is 0 Å². The molecule has 3 aromatic carbocycles. The number of benzene rings is 3. The third kappa shape index (κ3) is 5.91. The zero-order valence-electron chi connectivity index (χ0n) is 18.7. The average Bonchev–Trinajstić information content (AvgIpc) is 2.80. The van der Waals surface area contributed by atoms with Crippen LogP contribution in [0.3, 0.4) is 0 Å². The van der Waals surface area contributed by atoms with Gasteiger partial charge in [0.2, 0.25) is 21.8 Å². The van der Waals surface area contributed by atoms with E-state index < -0.39 is 28.5 Å². The Morgan fingerprint density at radius 3 is 2.27 bits per heavy atom. The molecule has 0 saturated heterocycles. The number of fused-ring (bicyclic) bond motifs is 1. The average molecular weight is 532 g/mol. The maximum atomic E-state index is 13.5. The van der Waals surface area contributed by atoms with Crippen LogP contribution in [0.15, 0.2) is 71.2 Å². The molecule has 0 aliphatic rings. The van der Waals surface area contributed by atoms with Crippen molar-refractivity contribution in [2.45, 2.75) is 19.5 Å². The van der Waals surface area contributed by atoms with E-state index in [-0.39, 0.29) is 12.5 Å². The highest BCUT2D eigenvalue weighted by Crippen LogP contribution is 2.28. The van der Waals surface area contributed by atoms with E-state index in [1.54, 1.807) is 19.1 Å². The molecule has 0 aliphatic heterocycles. The summed E-state index contributed by atoms with van der Waals surface area (Å²) in [6, 6.07) is 19.3. The summed E-state index contributed by atoms with van der Waals surface area (Å²) in [5.74, 6) is -0.816. The van der Waals surface area contributed by atoms with Gasteiger partial charge in [-0.2, -0.15) is 0 Å². The van der Waals surface area contributed by atoms with Crippen LogP contribution < -0.4 is 9.62 Å². The van der Waals surface area contributed by atoms with Crippen molar-refractivity contribution in [3.63, 3.8) is 0 Å². The van der Waals surface area contributed by atoms with E-state index >= 15 is 0 Å². The van der Waals surface area contributed by atoms with Crippen molar-refractivity contribution in [3.8, 4) is 0 Å². The molecule has 1 N–H and O–H groups in total. The highest BCUT2D eigenvalue weighted by atomic mass is 79.9. The minimum absolute atomic E-state index is 0.161. The number of sulfonamides is 1. The van der Waals surface area contributed by atoms with Crippen LogP contribution in [-0.2, 0) is 26.2 Å². The number of anilines is 1. The number of likely N-dealkylation sites (N-methyl/N-ethyl adjacent to an activating group) is 1. The highest BCUT2D eigenvalue weighted by molar-refractivity contribution is 9.10. The first-order valence-corrected chi connectivity index (χ1v) is 13.0. The summed E-state index contributed by atoms with van der Waals surface area (Å²) in [7, 11) is -2.29. The number of nitrogens with zero attached hydrogens (tertiary/aromatic N) is 2. The fraction of sp³-hybridized carbons (Fsp3) is 0.250. The number of nitrogens with one attached hydrogen (secondary N) is 1. The number of amides is 2. The summed E-state index contributed by atoms with van der Waals surface area (Å²) in [6.07, 6.45) is 1.07. The SMILES string of the molecule is CNC(=O)[C@H](C)N(Cc1ccc(Br)cc1)C(=O)CN(c1cccc2ccccc12)S(C)(=O)=O. The number of carbonyl (C=O) groups excluding carboxylic acids is 2. The van der Waals surface area contributed by atoms with Gasteiger partial charge in [0.05, 0.1) is 11.9 Å². The molecule has 3 rings (SSSR count). The Labute approximate surface area is 202 Å². The van der Waals surface area contributed by atoms with E-state index in [1.165, 1.54) is 11.9 Å². The third-order valence-corrected chi connectivity index (χ3v) is 7.05. The monoisotopic (exact) mass is 531 g/mol. The Morgan fingerprint density at radius 1 is 1.00 bits per heavy atom. The van der Waals surface area contributed by atoms with Gasteiger partial charge in [-0.1, -0.05) is 64.5 Å². The van der Waals surface area contributed by atoms with E-state index in [0.717, 1.165) is 31.4 Å². The molecule has 0 unspecified atom stereocenters. The standard InChI is InChI=1S/C24H26BrN3O4S/c1-17(24(30)26-2)27(15-18-11-13-20(25)14-12-18)23(29)16-28(33(3,31)32)22-10-6-8-19-7-4-5-9-21(19)22/h4-14,17H,15-16H2,1-3H3,(H,26,30)/t17-/m0/s1. The third-order valence-electron chi connectivity index (χ3n) is 5.39. The van der Waals surface area contributed by atoms with Gasteiger partial charge in [0.25, 0.3) is 0 Å². The van der Waals surface area contributed by atoms with Gasteiger partial charge in [-0.25, -0.2) is 8.42 Å². The molecule has 0 saturated carbocycles. The lowest BCUT2D eigenvalue weighted by atomic mass is 10.1. The van der Waals surface area contributed by atoms with Crippen molar-refractivity contribution >= 4 is 54.2 Å². The summed E-state index contributed by atoms with van der Waals surface area (Å²) in [6.45, 7) is 1.36. The van der Waals surface area contributed by atoms with Crippen molar-refractivity contribution in [2.24, 2.45) is 0 Å². The van der Waals surface area contributed by atoms with E-state index in [1.807, 2.05) is 54.6 Å². The van der Waals surface area contributed by atoms with Gasteiger partial charge in [-0.3, -0.25) is 13.9 Å². The van der Waals surface area contributed by atoms with Crippen molar-refractivity contribution in [2.75, 3.05) is 24.2 Å². The van der Waals surface area contributed by atoms with Gasteiger partial charge in [-0.05, 0) is 36.1 Å². The molecule has 0 radical (unpaired) electrons. The molecule has 0 fully saturated rings. The first-order chi connectivity index (χ1) is 15.6. The maximum absolute atomic E-state index is 13.5. The largest absolute Gasteiger partial charge is 0.357 e. The van der Waals surface area contributed by atoms with Crippen molar-refractivity contribution in [3.05, 3.63) is 76.8 Å². The van der Waals surface area contributed by atoms with Gasteiger partial charge >= 0.3 is 0 Å². The Morgan fingerprint density at radius 2 is 1.64 bits per heavy atom.